The molecule has 2 aromatic carbocycles. The van der Waals surface area contributed by atoms with Gasteiger partial charge in [-0.15, -0.1) is 0 Å². The molecule has 27 heavy (non-hydrogen) atoms. The van der Waals surface area contributed by atoms with Crippen molar-refractivity contribution < 1.29 is 24.0 Å². The summed E-state index contributed by atoms with van der Waals surface area (Å²) in [5, 5.41) is 2.88. The minimum Gasteiger partial charge on any atom is -0.497 e. The highest BCUT2D eigenvalue weighted by Crippen LogP contribution is 2.20. The maximum atomic E-state index is 12.3. The molecule has 1 unspecified atom stereocenters. The minimum atomic E-state index is -0.0959. The Hall–Kier alpha value is -2.86. The SMILES string of the molecule is CCOc1ccc(C(C)=O)cc1C[NH+](C)CC(=O)Nc1cccc(OC)c1. The van der Waals surface area contributed by atoms with Gasteiger partial charge in [0.05, 0.1) is 20.8 Å². The summed E-state index contributed by atoms with van der Waals surface area (Å²) in [6.07, 6.45) is 0. The fourth-order valence-electron chi connectivity index (χ4n) is 2.80. The second kappa shape index (κ2) is 9.73. The van der Waals surface area contributed by atoms with Crippen LogP contribution >= 0.6 is 0 Å². The molecule has 0 fully saturated rings. The molecule has 1 atom stereocenters. The molecule has 6 nitrogen and oxygen atoms in total. The first-order valence-electron chi connectivity index (χ1n) is 8.94. The van der Waals surface area contributed by atoms with Gasteiger partial charge in [0, 0.05) is 22.9 Å². The van der Waals surface area contributed by atoms with E-state index in [0.717, 1.165) is 16.2 Å². The predicted molar refractivity (Wildman–Crippen MR) is 105 cm³/mol. The summed E-state index contributed by atoms with van der Waals surface area (Å²) >= 11 is 0. The summed E-state index contributed by atoms with van der Waals surface area (Å²) < 4.78 is 10.8. The van der Waals surface area contributed by atoms with E-state index < -0.39 is 0 Å². The first-order chi connectivity index (χ1) is 12.9. The molecule has 0 radical (unpaired) electrons. The lowest BCUT2D eigenvalue weighted by Crippen LogP contribution is -3.08. The van der Waals surface area contributed by atoms with Crippen LogP contribution in [0.5, 0.6) is 11.5 Å². The Labute approximate surface area is 160 Å². The first-order valence-corrected chi connectivity index (χ1v) is 8.94. The van der Waals surface area contributed by atoms with Crippen molar-refractivity contribution in [3.8, 4) is 11.5 Å². The van der Waals surface area contributed by atoms with Crippen LogP contribution in [0.15, 0.2) is 42.5 Å². The number of ketones is 1. The monoisotopic (exact) mass is 371 g/mol. The van der Waals surface area contributed by atoms with E-state index in [1.54, 1.807) is 19.2 Å². The number of hydrogen-bond acceptors (Lipinski definition) is 4. The molecule has 1 amide bonds. The summed E-state index contributed by atoms with van der Waals surface area (Å²) in [4.78, 5) is 25.0. The normalized spacial score (nSPS) is 11.6. The van der Waals surface area contributed by atoms with E-state index in [2.05, 4.69) is 5.32 Å². The molecule has 2 rings (SSSR count). The number of methoxy groups -OCH3 is 1. The summed E-state index contributed by atoms with van der Waals surface area (Å²) in [5.41, 5.74) is 2.25. The first kappa shape index (κ1) is 20.5. The van der Waals surface area contributed by atoms with E-state index in [4.69, 9.17) is 9.47 Å². The van der Waals surface area contributed by atoms with Crippen molar-refractivity contribution in [3.63, 3.8) is 0 Å². The van der Waals surface area contributed by atoms with Crippen molar-refractivity contribution in [1.82, 2.24) is 0 Å². The van der Waals surface area contributed by atoms with Crippen molar-refractivity contribution >= 4 is 17.4 Å². The Balaban J connectivity index is 2.03. The van der Waals surface area contributed by atoms with Gasteiger partial charge in [0.1, 0.15) is 18.0 Å². The zero-order valence-corrected chi connectivity index (χ0v) is 16.3. The molecule has 2 aromatic rings. The highest BCUT2D eigenvalue weighted by Gasteiger charge is 2.15. The second-order valence-corrected chi connectivity index (χ2v) is 6.40. The molecular formula is C21H27N2O4+. The number of hydrogen-bond donors (Lipinski definition) is 2. The van der Waals surface area contributed by atoms with Crippen LogP contribution in [-0.2, 0) is 11.3 Å². The van der Waals surface area contributed by atoms with Crippen molar-refractivity contribution in [2.24, 2.45) is 0 Å². The van der Waals surface area contributed by atoms with Crippen LogP contribution in [-0.4, -0.2) is 39.0 Å². The molecule has 144 valence electrons. The van der Waals surface area contributed by atoms with Crippen LogP contribution in [0.25, 0.3) is 0 Å². The van der Waals surface area contributed by atoms with Gasteiger partial charge < -0.3 is 19.7 Å². The summed E-state index contributed by atoms with van der Waals surface area (Å²) in [6, 6.07) is 12.7. The minimum absolute atomic E-state index is 0.00715. The van der Waals surface area contributed by atoms with Gasteiger partial charge in [0.2, 0.25) is 0 Å². The number of benzene rings is 2. The summed E-state index contributed by atoms with van der Waals surface area (Å²) in [5.74, 6) is 1.35. The zero-order valence-electron chi connectivity index (χ0n) is 16.3. The summed E-state index contributed by atoms with van der Waals surface area (Å²) in [6.45, 7) is 4.86. The number of likely N-dealkylation sites (N-methyl/N-ethyl adjacent to an activating group) is 1. The number of nitrogens with one attached hydrogen (secondary N) is 2. The molecule has 0 heterocycles. The highest BCUT2D eigenvalue weighted by atomic mass is 16.5. The fraction of sp³-hybridized carbons (Fsp3) is 0.333. The van der Waals surface area contributed by atoms with E-state index in [9.17, 15) is 9.59 Å². The Morgan fingerprint density at radius 2 is 1.93 bits per heavy atom. The molecule has 0 saturated heterocycles. The van der Waals surface area contributed by atoms with Crippen LogP contribution in [0.4, 0.5) is 5.69 Å². The van der Waals surface area contributed by atoms with E-state index in [0.29, 0.717) is 30.2 Å². The lowest BCUT2D eigenvalue weighted by Gasteiger charge is -2.17. The standard InChI is InChI=1S/C21H26N2O4/c1-5-27-20-10-9-16(15(2)24)11-17(20)13-23(3)14-21(25)22-18-7-6-8-19(12-18)26-4/h6-12H,5,13-14H2,1-4H3,(H,22,25)/p+1. The Morgan fingerprint density at radius 1 is 1.15 bits per heavy atom. The quantitative estimate of drug-likeness (QED) is 0.661. The van der Waals surface area contributed by atoms with E-state index in [-0.39, 0.29) is 18.2 Å². The maximum absolute atomic E-state index is 12.3. The molecule has 0 aliphatic rings. The number of amides is 1. The number of carbonyl (C=O) groups excluding carboxylic acids is 2. The molecule has 0 aliphatic carbocycles. The van der Waals surface area contributed by atoms with Crippen LogP contribution in [0.3, 0.4) is 0 Å². The number of ether oxygens (including phenoxy) is 2. The maximum Gasteiger partial charge on any atom is 0.279 e. The zero-order chi connectivity index (χ0) is 19.8. The van der Waals surface area contributed by atoms with Gasteiger partial charge in [-0.1, -0.05) is 6.07 Å². The lowest BCUT2D eigenvalue weighted by molar-refractivity contribution is -0.885. The molecular weight excluding hydrogens is 344 g/mol. The van der Waals surface area contributed by atoms with Gasteiger partial charge >= 0.3 is 0 Å². The molecule has 0 aliphatic heterocycles. The topological polar surface area (TPSA) is 69.1 Å². The van der Waals surface area contributed by atoms with E-state index in [1.807, 2.05) is 44.3 Å². The third kappa shape index (κ3) is 6.11. The van der Waals surface area contributed by atoms with Crippen molar-refractivity contribution in [2.75, 3.05) is 32.6 Å². The highest BCUT2D eigenvalue weighted by molar-refractivity contribution is 5.94. The molecule has 0 bridgehead atoms. The van der Waals surface area contributed by atoms with Crippen LogP contribution in [0, 0.1) is 0 Å². The van der Waals surface area contributed by atoms with Gasteiger partial charge in [0.15, 0.2) is 12.3 Å². The smallest absolute Gasteiger partial charge is 0.279 e. The van der Waals surface area contributed by atoms with Gasteiger partial charge in [-0.3, -0.25) is 9.59 Å². The fourth-order valence-corrected chi connectivity index (χ4v) is 2.80. The molecule has 6 heteroatoms. The molecule has 2 N–H and O–H groups in total. The van der Waals surface area contributed by atoms with Gasteiger partial charge in [-0.05, 0) is 44.2 Å². The second-order valence-electron chi connectivity index (χ2n) is 6.40. The number of Topliss-reactive ketones (excluding diaryl/α,β-unsaturated/α-hetero) is 1. The number of carbonyl (C=O) groups is 2. The summed E-state index contributed by atoms with van der Waals surface area (Å²) in [7, 11) is 3.52. The average Bonchev–Trinajstić information content (AvgIpc) is 2.63. The number of quaternary nitrogens is 1. The molecule has 0 saturated carbocycles. The van der Waals surface area contributed by atoms with Crippen LogP contribution in [0.2, 0.25) is 0 Å². The Kier molecular flexibility index (Phi) is 7.37. The third-order valence-corrected chi connectivity index (χ3v) is 4.07. The third-order valence-electron chi connectivity index (χ3n) is 4.07. The van der Waals surface area contributed by atoms with Crippen molar-refractivity contribution in [2.45, 2.75) is 20.4 Å². The van der Waals surface area contributed by atoms with Gasteiger partial charge in [0.25, 0.3) is 5.91 Å². The Morgan fingerprint density at radius 3 is 2.59 bits per heavy atom. The Bertz CT molecular complexity index is 805. The van der Waals surface area contributed by atoms with Crippen molar-refractivity contribution in [1.29, 1.82) is 0 Å². The van der Waals surface area contributed by atoms with Crippen LogP contribution < -0.4 is 19.7 Å². The molecule has 0 aromatic heterocycles. The number of rotatable bonds is 9. The van der Waals surface area contributed by atoms with Crippen LogP contribution in [0.1, 0.15) is 29.8 Å². The van der Waals surface area contributed by atoms with Gasteiger partial charge in [-0.25, -0.2) is 0 Å². The van der Waals surface area contributed by atoms with E-state index >= 15 is 0 Å². The average molecular weight is 371 g/mol. The van der Waals surface area contributed by atoms with E-state index in [1.165, 1.54) is 6.92 Å². The van der Waals surface area contributed by atoms with Crippen molar-refractivity contribution in [3.05, 3.63) is 53.6 Å². The number of anilines is 1. The largest absolute Gasteiger partial charge is 0.497 e. The van der Waals surface area contributed by atoms with Gasteiger partial charge in [-0.2, -0.15) is 0 Å². The molecule has 0 spiro atoms. The lowest BCUT2D eigenvalue weighted by atomic mass is 10.1. The predicted octanol–water partition coefficient (Wildman–Crippen LogP) is 1.95.